The molecule has 0 saturated carbocycles. The lowest BCUT2D eigenvalue weighted by molar-refractivity contribution is -0.160. The Bertz CT molecular complexity index is 358. The van der Waals surface area contributed by atoms with Crippen LogP contribution in [0.25, 0.3) is 0 Å². The summed E-state index contributed by atoms with van der Waals surface area (Å²) < 4.78 is 5.11. The molecule has 1 aliphatic rings. The smallest absolute Gasteiger partial charge is 0.326 e. The quantitative estimate of drug-likeness (QED) is 0.750. The van der Waals surface area contributed by atoms with Gasteiger partial charge in [-0.05, 0) is 27.2 Å². The Kier molecular flexibility index (Phi) is 4.32. The first kappa shape index (κ1) is 14.5. The lowest BCUT2D eigenvalue weighted by atomic mass is 9.96. The van der Waals surface area contributed by atoms with Gasteiger partial charge in [-0.2, -0.15) is 0 Å². The number of rotatable bonds is 3. The van der Waals surface area contributed by atoms with E-state index in [1.165, 1.54) is 4.90 Å². The third-order valence-corrected chi connectivity index (χ3v) is 2.61. The molecule has 102 valence electrons. The second kappa shape index (κ2) is 5.37. The zero-order valence-electron chi connectivity index (χ0n) is 10.9. The molecule has 18 heavy (non-hydrogen) atoms. The van der Waals surface area contributed by atoms with Gasteiger partial charge >= 0.3 is 11.9 Å². The molecule has 0 radical (unpaired) electrons. The predicted octanol–water partition coefficient (Wildman–Crippen LogP) is 0.651. The van der Waals surface area contributed by atoms with Gasteiger partial charge in [0.25, 0.3) is 0 Å². The first-order chi connectivity index (χ1) is 8.19. The maximum absolute atomic E-state index is 11.7. The van der Waals surface area contributed by atoms with Crippen LogP contribution in [-0.2, 0) is 19.1 Å². The van der Waals surface area contributed by atoms with E-state index in [0.29, 0.717) is 6.42 Å². The van der Waals surface area contributed by atoms with Crippen molar-refractivity contribution in [2.24, 2.45) is 5.92 Å². The topological polar surface area (TPSA) is 83.9 Å². The van der Waals surface area contributed by atoms with Crippen molar-refractivity contribution in [3.05, 3.63) is 0 Å². The van der Waals surface area contributed by atoms with Gasteiger partial charge in [0, 0.05) is 13.0 Å². The predicted molar refractivity (Wildman–Crippen MR) is 62.8 cm³/mol. The van der Waals surface area contributed by atoms with Crippen molar-refractivity contribution in [1.29, 1.82) is 0 Å². The minimum atomic E-state index is -0.958. The molecule has 1 N–H and O–H groups in total. The summed E-state index contributed by atoms with van der Waals surface area (Å²) >= 11 is 0. The standard InChI is InChI=1S/C12H19NO5/c1-12(2,3)18-10(15)7-13-5-4-8(11(16)17)6-9(13)14/h8H,4-7H2,1-3H3,(H,16,17). The Labute approximate surface area is 106 Å². The molecule has 0 spiro atoms. The van der Waals surface area contributed by atoms with E-state index >= 15 is 0 Å². The lowest BCUT2D eigenvalue weighted by Crippen LogP contribution is -2.44. The van der Waals surface area contributed by atoms with E-state index in [2.05, 4.69) is 0 Å². The van der Waals surface area contributed by atoms with Crippen LogP contribution >= 0.6 is 0 Å². The van der Waals surface area contributed by atoms with Gasteiger partial charge in [-0.25, -0.2) is 0 Å². The number of carbonyl (C=O) groups excluding carboxylic acids is 2. The molecule has 6 heteroatoms. The van der Waals surface area contributed by atoms with Crippen LogP contribution in [0.4, 0.5) is 0 Å². The Morgan fingerprint density at radius 3 is 2.50 bits per heavy atom. The number of esters is 1. The third kappa shape index (κ3) is 4.35. The van der Waals surface area contributed by atoms with Crippen LogP contribution in [0.3, 0.4) is 0 Å². The molecule has 1 heterocycles. The molecule has 0 aromatic heterocycles. The number of likely N-dealkylation sites (tertiary alicyclic amines) is 1. The van der Waals surface area contributed by atoms with Crippen LogP contribution in [0.2, 0.25) is 0 Å². The molecule has 1 atom stereocenters. The van der Waals surface area contributed by atoms with Crippen LogP contribution in [0.15, 0.2) is 0 Å². The van der Waals surface area contributed by atoms with Crippen LogP contribution in [0.5, 0.6) is 0 Å². The SMILES string of the molecule is CC(C)(C)OC(=O)CN1CCC(C(=O)O)CC1=O. The Hall–Kier alpha value is -1.59. The van der Waals surface area contributed by atoms with Crippen molar-refractivity contribution in [1.82, 2.24) is 4.90 Å². The summed E-state index contributed by atoms with van der Waals surface area (Å²) in [6.07, 6.45) is 0.335. The summed E-state index contributed by atoms with van der Waals surface area (Å²) in [7, 11) is 0. The van der Waals surface area contributed by atoms with E-state index < -0.39 is 23.5 Å². The van der Waals surface area contributed by atoms with Crippen LogP contribution < -0.4 is 0 Å². The number of hydrogen-bond acceptors (Lipinski definition) is 4. The Morgan fingerprint density at radius 2 is 2.06 bits per heavy atom. The number of ether oxygens (including phenoxy) is 1. The van der Waals surface area contributed by atoms with Crippen LogP contribution in [0, 0.1) is 5.92 Å². The molecule has 0 aromatic rings. The van der Waals surface area contributed by atoms with Crippen molar-refractivity contribution >= 4 is 17.8 Å². The zero-order valence-corrected chi connectivity index (χ0v) is 10.9. The molecule has 1 amide bonds. The number of carboxylic acids is 1. The second-order valence-electron chi connectivity index (χ2n) is 5.43. The van der Waals surface area contributed by atoms with Crippen LogP contribution in [0.1, 0.15) is 33.6 Å². The lowest BCUT2D eigenvalue weighted by Gasteiger charge is -2.30. The highest BCUT2D eigenvalue weighted by Crippen LogP contribution is 2.18. The number of nitrogens with zero attached hydrogens (tertiary/aromatic N) is 1. The van der Waals surface area contributed by atoms with Gasteiger partial charge in [-0.1, -0.05) is 0 Å². The van der Waals surface area contributed by atoms with E-state index in [0.717, 1.165) is 0 Å². The number of piperidine rings is 1. The molecule has 1 rings (SSSR count). The Morgan fingerprint density at radius 1 is 1.44 bits per heavy atom. The summed E-state index contributed by atoms with van der Waals surface area (Å²) in [4.78, 5) is 35.3. The summed E-state index contributed by atoms with van der Waals surface area (Å²) in [6, 6.07) is 0. The average Bonchev–Trinajstić information content (AvgIpc) is 2.17. The third-order valence-electron chi connectivity index (χ3n) is 2.61. The molecule has 1 unspecified atom stereocenters. The maximum atomic E-state index is 11.7. The first-order valence-corrected chi connectivity index (χ1v) is 5.91. The molecule has 6 nitrogen and oxygen atoms in total. The molecular formula is C12H19NO5. The minimum absolute atomic E-state index is 0.0435. The van der Waals surface area contributed by atoms with Gasteiger partial charge in [-0.15, -0.1) is 0 Å². The van der Waals surface area contributed by atoms with E-state index in [-0.39, 0.29) is 25.4 Å². The molecule has 0 aromatic carbocycles. The number of carbonyl (C=O) groups is 3. The van der Waals surface area contributed by atoms with E-state index in [1.807, 2.05) is 0 Å². The summed E-state index contributed by atoms with van der Waals surface area (Å²) in [5.74, 6) is -2.36. The summed E-state index contributed by atoms with van der Waals surface area (Å²) in [6.45, 7) is 5.44. The summed E-state index contributed by atoms with van der Waals surface area (Å²) in [5, 5.41) is 8.81. The number of aliphatic carboxylic acids is 1. The molecule has 0 aliphatic carbocycles. The Balaban J connectivity index is 2.48. The van der Waals surface area contributed by atoms with Crippen molar-refractivity contribution in [3.8, 4) is 0 Å². The monoisotopic (exact) mass is 257 g/mol. The van der Waals surface area contributed by atoms with E-state index in [9.17, 15) is 14.4 Å². The fourth-order valence-corrected chi connectivity index (χ4v) is 1.79. The fourth-order valence-electron chi connectivity index (χ4n) is 1.79. The molecule has 0 bridgehead atoms. The highest BCUT2D eigenvalue weighted by Gasteiger charge is 2.31. The van der Waals surface area contributed by atoms with Crippen LogP contribution in [-0.4, -0.2) is 46.5 Å². The number of carboxylic acid groups (broad SMARTS) is 1. The average molecular weight is 257 g/mol. The summed E-state index contributed by atoms with van der Waals surface area (Å²) in [5.41, 5.74) is -0.584. The molecule has 1 aliphatic heterocycles. The fraction of sp³-hybridized carbons (Fsp3) is 0.750. The minimum Gasteiger partial charge on any atom is -0.481 e. The highest BCUT2D eigenvalue weighted by molar-refractivity contribution is 5.86. The van der Waals surface area contributed by atoms with E-state index in [4.69, 9.17) is 9.84 Å². The van der Waals surface area contributed by atoms with Crippen molar-refractivity contribution in [2.75, 3.05) is 13.1 Å². The van der Waals surface area contributed by atoms with Gasteiger partial charge in [0.1, 0.15) is 12.1 Å². The largest absolute Gasteiger partial charge is 0.481 e. The van der Waals surface area contributed by atoms with Crippen molar-refractivity contribution < 1.29 is 24.2 Å². The normalized spacial score (nSPS) is 20.7. The maximum Gasteiger partial charge on any atom is 0.326 e. The molecular weight excluding hydrogens is 238 g/mol. The van der Waals surface area contributed by atoms with E-state index in [1.54, 1.807) is 20.8 Å². The van der Waals surface area contributed by atoms with Gasteiger partial charge in [-0.3, -0.25) is 14.4 Å². The van der Waals surface area contributed by atoms with Crippen molar-refractivity contribution in [3.63, 3.8) is 0 Å². The van der Waals surface area contributed by atoms with Gasteiger partial charge in [0.2, 0.25) is 5.91 Å². The number of hydrogen-bond donors (Lipinski definition) is 1. The van der Waals surface area contributed by atoms with Gasteiger partial charge in [0.15, 0.2) is 0 Å². The number of amides is 1. The first-order valence-electron chi connectivity index (χ1n) is 5.91. The zero-order chi connectivity index (χ0) is 13.9. The molecule has 1 saturated heterocycles. The van der Waals surface area contributed by atoms with Gasteiger partial charge in [0.05, 0.1) is 5.92 Å². The molecule has 1 fully saturated rings. The highest BCUT2D eigenvalue weighted by atomic mass is 16.6. The second-order valence-corrected chi connectivity index (χ2v) is 5.43. The van der Waals surface area contributed by atoms with Crippen molar-refractivity contribution in [2.45, 2.75) is 39.2 Å². The van der Waals surface area contributed by atoms with Gasteiger partial charge < -0.3 is 14.7 Å².